The molecule has 0 unspecified atom stereocenters. The normalized spacial score (nSPS) is 19.3. The molecule has 1 heterocycles. The first kappa shape index (κ1) is 18.1. The third-order valence-electron chi connectivity index (χ3n) is 3.14. The van der Waals surface area contributed by atoms with Gasteiger partial charge in [-0.05, 0) is 18.6 Å². The van der Waals surface area contributed by atoms with Crippen LogP contribution in [-0.2, 0) is 24.2 Å². The molecule has 0 bridgehead atoms. The number of halogens is 1. The van der Waals surface area contributed by atoms with Gasteiger partial charge in [-0.15, -0.1) is 11.8 Å². The second kappa shape index (κ2) is 8.03. The predicted octanol–water partition coefficient (Wildman–Crippen LogP) is 1.74. The van der Waals surface area contributed by atoms with Crippen molar-refractivity contribution in [2.75, 3.05) is 29.2 Å². The van der Waals surface area contributed by atoms with Crippen molar-refractivity contribution in [3.8, 4) is 0 Å². The van der Waals surface area contributed by atoms with Crippen molar-refractivity contribution in [2.24, 2.45) is 0 Å². The van der Waals surface area contributed by atoms with Gasteiger partial charge in [-0.25, -0.2) is 8.42 Å². The van der Waals surface area contributed by atoms with Gasteiger partial charge >= 0.3 is 5.97 Å². The number of carbonyl (C=O) groups is 2. The Morgan fingerprint density at radius 2 is 2.09 bits per heavy atom. The summed E-state index contributed by atoms with van der Waals surface area (Å²) in [5.74, 6) is -0.745. The minimum Gasteiger partial charge on any atom is -0.455 e. The van der Waals surface area contributed by atoms with Crippen LogP contribution in [0.2, 0.25) is 5.02 Å². The molecule has 1 aromatic carbocycles. The fraction of sp³-hybridized carbons (Fsp3) is 0.429. The quantitative estimate of drug-likeness (QED) is 0.759. The maximum atomic E-state index is 11.7. The summed E-state index contributed by atoms with van der Waals surface area (Å²) in [4.78, 5) is 23.3. The van der Waals surface area contributed by atoms with Gasteiger partial charge in [0.25, 0.3) is 5.91 Å². The van der Waals surface area contributed by atoms with E-state index in [1.165, 1.54) is 11.8 Å². The lowest BCUT2D eigenvalue weighted by Gasteiger charge is -2.09. The second-order valence-electron chi connectivity index (χ2n) is 5.02. The minimum absolute atomic E-state index is 0.0273. The Bertz CT molecular complexity index is 692. The SMILES string of the molecule is O=C(COC(=O)CS[C@@H]1CCS(=O)(=O)C1)Nc1ccccc1Cl. The summed E-state index contributed by atoms with van der Waals surface area (Å²) < 4.78 is 27.5. The van der Waals surface area contributed by atoms with Crippen LogP contribution in [0.1, 0.15) is 6.42 Å². The molecule has 0 saturated carbocycles. The first-order valence-corrected chi connectivity index (χ1v) is 10.1. The molecule has 0 spiro atoms. The smallest absolute Gasteiger partial charge is 0.316 e. The van der Waals surface area contributed by atoms with Gasteiger partial charge in [0.2, 0.25) is 0 Å². The van der Waals surface area contributed by atoms with E-state index >= 15 is 0 Å². The molecule has 6 nitrogen and oxygen atoms in total. The van der Waals surface area contributed by atoms with E-state index in [0.717, 1.165) is 0 Å². The molecule has 9 heteroatoms. The summed E-state index contributed by atoms with van der Waals surface area (Å²) in [5, 5.41) is 2.85. The Morgan fingerprint density at radius 3 is 2.74 bits per heavy atom. The third kappa shape index (κ3) is 6.04. The zero-order chi connectivity index (χ0) is 16.9. The lowest BCUT2D eigenvalue weighted by Crippen LogP contribution is -2.22. The zero-order valence-corrected chi connectivity index (χ0v) is 14.5. The number of thioether (sulfide) groups is 1. The zero-order valence-electron chi connectivity index (χ0n) is 12.2. The van der Waals surface area contributed by atoms with Crippen LogP contribution < -0.4 is 5.32 Å². The molecule has 126 valence electrons. The highest BCUT2D eigenvalue weighted by Crippen LogP contribution is 2.24. The van der Waals surface area contributed by atoms with Gasteiger partial charge < -0.3 is 10.1 Å². The summed E-state index contributed by atoms with van der Waals surface area (Å²) >= 11 is 7.15. The minimum atomic E-state index is -2.96. The van der Waals surface area contributed by atoms with Crippen molar-refractivity contribution in [2.45, 2.75) is 11.7 Å². The molecule has 1 saturated heterocycles. The average molecular weight is 378 g/mol. The van der Waals surface area contributed by atoms with Crippen molar-refractivity contribution >= 4 is 50.8 Å². The molecule has 23 heavy (non-hydrogen) atoms. The van der Waals surface area contributed by atoms with Crippen LogP contribution in [-0.4, -0.2) is 49.4 Å². The number of hydrogen-bond donors (Lipinski definition) is 1. The monoisotopic (exact) mass is 377 g/mol. The van der Waals surface area contributed by atoms with E-state index in [9.17, 15) is 18.0 Å². The van der Waals surface area contributed by atoms with Crippen LogP contribution in [0, 0.1) is 0 Å². The summed E-state index contributed by atoms with van der Waals surface area (Å²) in [6.45, 7) is -0.409. The van der Waals surface area contributed by atoms with Gasteiger partial charge in [-0.3, -0.25) is 9.59 Å². The number of para-hydroxylation sites is 1. The van der Waals surface area contributed by atoms with Gasteiger partial charge in [0, 0.05) is 5.25 Å². The summed E-state index contributed by atoms with van der Waals surface area (Å²) in [6.07, 6.45) is 0.549. The first-order valence-electron chi connectivity index (χ1n) is 6.88. The number of sulfone groups is 1. The summed E-state index contributed by atoms with van der Waals surface area (Å²) in [6, 6.07) is 6.73. The van der Waals surface area contributed by atoms with Gasteiger partial charge in [0.05, 0.1) is 28.0 Å². The molecule has 0 radical (unpaired) electrons. The number of rotatable bonds is 6. The third-order valence-corrected chi connectivity index (χ3v) is 6.72. The number of esters is 1. The fourth-order valence-electron chi connectivity index (χ4n) is 2.01. The van der Waals surface area contributed by atoms with Gasteiger partial charge in [-0.2, -0.15) is 0 Å². The van der Waals surface area contributed by atoms with E-state index in [0.29, 0.717) is 17.1 Å². The molecule has 0 aromatic heterocycles. The number of ether oxygens (including phenoxy) is 1. The van der Waals surface area contributed by atoms with Crippen molar-refractivity contribution in [3.63, 3.8) is 0 Å². The maximum Gasteiger partial charge on any atom is 0.316 e. The van der Waals surface area contributed by atoms with Crippen molar-refractivity contribution in [3.05, 3.63) is 29.3 Å². The Labute approximate surface area is 143 Å². The Hall–Kier alpha value is -1.25. The van der Waals surface area contributed by atoms with Gasteiger partial charge in [0.15, 0.2) is 16.4 Å². The average Bonchev–Trinajstić information content (AvgIpc) is 2.85. The second-order valence-corrected chi connectivity index (χ2v) is 8.95. The fourth-order valence-corrected chi connectivity index (χ4v) is 5.64. The molecule has 1 N–H and O–H groups in total. The van der Waals surface area contributed by atoms with E-state index in [1.807, 2.05) is 0 Å². The lowest BCUT2D eigenvalue weighted by molar-refractivity contribution is -0.144. The number of anilines is 1. The van der Waals surface area contributed by atoms with Crippen LogP contribution in [0.25, 0.3) is 0 Å². The molecule has 1 atom stereocenters. The van der Waals surface area contributed by atoms with Crippen molar-refractivity contribution in [1.82, 2.24) is 0 Å². The highest BCUT2D eigenvalue weighted by molar-refractivity contribution is 8.02. The molecular weight excluding hydrogens is 362 g/mol. The number of amides is 1. The van der Waals surface area contributed by atoms with Crippen LogP contribution in [0.5, 0.6) is 0 Å². The van der Waals surface area contributed by atoms with E-state index in [4.69, 9.17) is 16.3 Å². The van der Waals surface area contributed by atoms with Gasteiger partial charge in [0.1, 0.15) is 0 Å². The van der Waals surface area contributed by atoms with E-state index in [-0.39, 0.29) is 22.5 Å². The number of carbonyl (C=O) groups excluding carboxylic acids is 2. The van der Waals surface area contributed by atoms with Gasteiger partial charge in [-0.1, -0.05) is 23.7 Å². The van der Waals surface area contributed by atoms with E-state index in [1.54, 1.807) is 24.3 Å². The molecule has 1 aliphatic rings. The molecule has 1 amide bonds. The maximum absolute atomic E-state index is 11.7. The largest absolute Gasteiger partial charge is 0.455 e. The van der Waals surface area contributed by atoms with Crippen LogP contribution in [0.4, 0.5) is 5.69 Å². The topological polar surface area (TPSA) is 89.5 Å². The number of hydrogen-bond acceptors (Lipinski definition) is 6. The van der Waals surface area contributed by atoms with Crippen LogP contribution >= 0.6 is 23.4 Å². The Balaban J connectivity index is 1.68. The Morgan fingerprint density at radius 1 is 1.35 bits per heavy atom. The van der Waals surface area contributed by atoms with Crippen LogP contribution in [0.3, 0.4) is 0 Å². The molecule has 1 aromatic rings. The van der Waals surface area contributed by atoms with Crippen LogP contribution in [0.15, 0.2) is 24.3 Å². The van der Waals surface area contributed by atoms with Crippen molar-refractivity contribution < 1.29 is 22.7 Å². The first-order chi connectivity index (χ1) is 10.9. The van der Waals surface area contributed by atoms with E-state index in [2.05, 4.69) is 5.32 Å². The number of benzene rings is 1. The molecule has 0 aliphatic carbocycles. The molecule has 1 aliphatic heterocycles. The van der Waals surface area contributed by atoms with E-state index < -0.39 is 28.3 Å². The molecule has 2 rings (SSSR count). The molecular formula is C14H16ClNO5S2. The standard InChI is InChI=1S/C14H16ClNO5S2/c15-11-3-1-2-4-12(11)16-13(17)7-21-14(18)8-22-10-5-6-23(19,20)9-10/h1-4,10H,5-9H2,(H,16,17)/t10-/m1/s1. The Kier molecular flexibility index (Phi) is 6.32. The number of nitrogens with one attached hydrogen (secondary N) is 1. The highest BCUT2D eigenvalue weighted by atomic mass is 35.5. The lowest BCUT2D eigenvalue weighted by atomic mass is 10.3. The van der Waals surface area contributed by atoms with Crippen molar-refractivity contribution in [1.29, 1.82) is 0 Å². The highest BCUT2D eigenvalue weighted by Gasteiger charge is 2.28. The summed E-state index contributed by atoms with van der Waals surface area (Å²) in [5.41, 5.74) is 0.445. The summed E-state index contributed by atoms with van der Waals surface area (Å²) in [7, 11) is -2.96. The molecule has 1 fully saturated rings. The predicted molar refractivity (Wildman–Crippen MR) is 90.6 cm³/mol.